The van der Waals surface area contributed by atoms with E-state index in [1.807, 2.05) is 23.2 Å². The molecule has 0 spiro atoms. The third-order valence-corrected chi connectivity index (χ3v) is 4.50. The molecule has 1 aliphatic heterocycles. The highest BCUT2D eigenvalue weighted by atomic mass is 79.9. The molecule has 1 aromatic heterocycles. The molecule has 1 aliphatic rings. The Morgan fingerprint density at radius 1 is 1.39 bits per heavy atom. The number of H-pyrrole nitrogens is 1. The topological polar surface area (TPSA) is 61.0 Å². The number of hydrogen-bond acceptors (Lipinski definition) is 3. The number of halogens is 1. The molecule has 1 saturated heterocycles. The minimum atomic E-state index is 0.301. The summed E-state index contributed by atoms with van der Waals surface area (Å²) in [6.45, 7) is 3.37. The molecule has 2 heterocycles. The molecule has 122 valence electrons. The normalized spacial score (nSPS) is 14.7. The fraction of sp³-hybridized carbons (Fsp3) is 0.412. The van der Waals surface area contributed by atoms with Gasteiger partial charge in [-0.05, 0) is 31.5 Å². The molecule has 0 radical (unpaired) electrons. The van der Waals surface area contributed by atoms with Crippen molar-refractivity contribution in [1.29, 1.82) is 0 Å². The summed E-state index contributed by atoms with van der Waals surface area (Å²) in [7, 11) is 0. The molecule has 2 aromatic rings. The Balaban J connectivity index is 1.42. The van der Waals surface area contributed by atoms with Gasteiger partial charge in [-0.15, -0.1) is 0 Å². The molecule has 5 nitrogen and oxygen atoms in total. The van der Waals surface area contributed by atoms with Gasteiger partial charge in [0.15, 0.2) is 0 Å². The van der Waals surface area contributed by atoms with Crippen LogP contribution in [0.2, 0.25) is 0 Å². The molecule has 6 heteroatoms. The minimum Gasteiger partial charge on any atom is -0.343 e. The number of carbonyl (C=O) groups is 1. The van der Waals surface area contributed by atoms with Gasteiger partial charge in [0, 0.05) is 29.5 Å². The minimum absolute atomic E-state index is 0.301. The van der Waals surface area contributed by atoms with E-state index in [-0.39, 0.29) is 0 Å². The molecule has 0 bridgehead atoms. The average molecular weight is 377 g/mol. The first kappa shape index (κ1) is 16.2. The zero-order valence-corrected chi connectivity index (χ0v) is 14.6. The van der Waals surface area contributed by atoms with E-state index in [4.69, 9.17) is 0 Å². The quantitative estimate of drug-likeness (QED) is 0.730. The summed E-state index contributed by atoms with van der Waals surface area (Å²) in [6.07, 6.45) is 4.57. The van der Waals surface area contributed by atoms with Gasteiger partial charge in [-0.3, -0.25) is 4.79 Å². The number of amides is 1. The van der Waals surface area contributed by atoms with Crippen LogP contribution in [-0.4, -0.2) is 40.4 Å². The highest BCUT2D eigenvalue weighted by Gasteiger charge is 2.18. The van der Waals surface area contributed by atoms with E-state index in [0.717, 1.165) is 60.5 Å². The van der Waals surface area contributed by atoms with Gasteiger partial charge >= 0.3 is 0 Å². The molecule has 2 N–H and O–H groups in total. The summed E-state index contributed by atoms with van der Waals surface area (Å²) >= 11 is 3.48. The summed E-state index contributed by atoms with van der Waals surface area (Å²) in [6, 6.07) is 8.14. The van der Waals surface area contributed by atoms with Crippen LogP contribution in [0.1, 0.15) is 25.1 Å². The smallest absolute Gasteiger partial charge is 0.222 e. The van der Waals surface area contributed by atoms with Crippen LogP contribution in [0.3, 0.4) is 0 Å². The summed E-state index contributed by atoms with van der Waals surface area (Å²) in [5.41, 5.74) is 2.14. The molecule has 0 aliphatic carbocycles. The van der Waals surface area contributed by atoms with E-state index in [9.17, 15) is 4.79 Å². The molecule has 23 heavy (non-hydrogen) atoms. The maximum absolute atomic E-state index is 11.5. The van der Waals surface area contributed by atoms with Crippen LogP contribution in [0, 0.1) is 0 Å². The zero-order valence-electron chi connectivity index (χ0n) is 13.0. The number of imidazole rings is 1. The zero-order chi connectivity index (χ0) is 16.1. The maximum atomic E-state index is 11.5. The van der Waals surface area contributed by atoms with Crippen LogP contribution < -0.4 is 5.32 Å². The van der Waals surface area contributed by atoms with Gasteiger partial charge in [0.1, 0.15) is 5.82 Å². The molecule has 3 rings (SSSR count). The lowest BCUT2D eigenvalue weighted by Crippen LogP contribution is -2.28. The second-order valence-corrected chi connectivity index (χ2v) is 6.68. The van der Waals surface area contributed by atoms with Gasteiger partial charge in [0.2, 0.25) is 5.91 Å². The van der Waals surface area contributed by atoms with Crippen LogP contribution >= 0.6 is 15.9 Å². The van der Waals surface area contributed by atoms with Crippen molar-refractivity contribution in [2.24, 2.45) is 0 Å². The number of aromatic nitrogens is 2. The van der Waals surface area contributed by atoms with E-state index in [1.54, 1.807) is 0 Å². The van der Waals surface area contributed by atoms with Crippen LogP contribution in [0.5, 0.6) is 0 Å². The van der Waals surface area contributed by atoms with Crippen molar-refractivity contribution < 1.29 is 4.79 Å². The number of carbonyl (C=O) groups excluding carboxylic acids is 1. The second-order valence-electron chi connectivity index (χ2n) is 5.77. The summed E-state index contributed by atoms with van der Waals surface area (Å²) < 4.78 is 1.06. The molecule has 0 unspecified atom stereocenters. The number of rotatable bonds is 7. The number of aromatic amines is 1. The molecular weight excluding hydrogens is 356 g/mol. The Morgan fingerprint density at radius 2 is 2.30 bits per heavy atom. The largest absolute Gasteiger partial charge is 0.343 e. The van der Waals surface area contributed by atoms with Crippen LogP contribution in [0.4, 0.5) is 0 Å². The van der Waals surface area contributed by atoms with E-state index in [0.29, 0.717) is 12.5 Å². The number of nitrogens with one attached hydrogen (secondary N) is 2. The second kappa shape index (κ2) is 7.75. The van der Waals surface area contributed by atoms with Crippen LogP contribution in [0.25, 0.3) is 11.3 Å². The van der Waals surface area contributed by atoms with Crippen molar-refractivity contribution in [2.75, 3.05) is 19.6 Å². The van der Waals surface area contributed by atoms with Gasteiger partial charge in [-0.1, -0.05) is 28.1 Å². The fourth-order valence-electron chi connectivity index (χ4n) is 2.80. The van der Waals surface area contributed by atoms with Gasteiger partial charge < -0.3 is 15.2 Å². The summed E-state index contributed by atoms with van der Waals surface area (Å²) in [5, 5.41) is 3.38. The molecule has 1 aromatic carbocycles. The van der Waals surface area contributed by atoms with Crippen LogP contribution in [0.15, 0.2) is 34.9 Å². The predicted octanol–water partition coefficient (Wildman–Crippen LogP) is 2.94. The molecule has 1 amide bonds. The third-order valence-electron chi connectivity index (χ3n) is 4.01. The van der Waals surface area contributed by atoms with E-state index >= 15 is 0 Å². The van der Waals surface area contributed by atoms with E-state index < -0.39 is 0 Å². The number of nitrogens with zero attached hydrogens (tertiary/aromatic N) is 2. The monoisotopic (exact) mass is 376 g/mol. The van der Waals surface area contributed by atoms with E-state index in [2.05, 4.69) is 43.3 Å². The van der Waals surface area contributed by atoms with Crippen molar-refractivity contribution in [2.45, 2.75) is 25.8 Å². The Labute approximate surface area is 144 Å². The first-order valence-electron chi connectivity index (χ1n) is 8.01. The van der Waals surface area contributed by atoms with Crippen molar-refractivity contribution in [1.82, 2.24) is 20.2 Å². The van der Waals surface area contributed by atoms with Gasteiger partial charge in [-0.2, -0.15) is 0 Å². The Hall–Kier alpha value is -1.66. The molecular formula is C17H21BrN4O. The Morgan fingerprint density at radius 3 is 3.09 bits per heavy atom. The van der Waals surface area contributed by atoms with Gasteiger partial charge in [0.25, 0.3) is 0 Å². The predicted molar refractivity (Wildman–Crippen MR) is 93.9 cm³/mol. The first-order valence-corrected chi connectivity index (χ1v) is 8.80. The summed E-state index contributed by atoms with van der Waals surface area (Å²) in [4.78, 5) is 21.2. The Bertz CT molecular complexity index is 670. The molecule has 1 fully saturated rings. The average Bonchev–Trinajstić information content (AvgIpc) is 3.17. The highest BCUT2D eigenvalue weighted by Crippen LogP contribution is 2.21. The fourth-order valence-corrected chi connectivity index (χ4v) is 3.20. The number of benzene rings is 1. The first-order chi connectivity index (χ1) is 11.2. The lowest BCUT2D eigenvalue weighted by molar-refractivity contribution is -0.127. The number of likely N-dealkylation sites (tertiary alicyclic amines) is 1. The van der Waals surface area contributed by atoms with Crippen molar-refractivity contribution in [3.8, 4) is 11.3 Å². The standard InChI is InChI=1S/C17H21BrN4O/c18-14-5-1-4-13(10-14)15-11-20-16(21-15)12-19-7-3-9-22-8-2-6-17(22)23/h1,4-5,10-11,19H,2-3,6-9,12H2,(H,20,21). The maximum Gasteiger partial charge on any atom is 0.222 e. The highest BCUT2D eigenvalue weighted by molar-refractivity contribution is 9.10. The van der Waals surface area contributed by atoms with Gasteiger partial charge in [-0.25, -0.2) is 4.98 Å². The summed E-state index contributed by atoms with van der Waals surface area (Å²) in [5.74, 6) is 1.23. The molecule has 0 saturated carbocycles. The van der Waals surface area contributed by atoms with Crippen molar-refractivity contribution in [3.05, 3.63) is 40.8 Å². The SMILES string of the molecule is O=C1CCCN1CCCNCc1ncc(-c2cccc(Br)c2)[nH]1. The van der Waals surface area contributed by atoms with Crippen LogP contribution in [-0.2, 0) is 11.3 Å². The number of hydrogen-bond donors (Lipinski definition) is 2. The lowest BCUT2D eigenvalue weighted by atomic mass is 10.2. The Kier molecular flexibility index (Phi) is 5.46. The third kappa shape index (κ3) is 4.42. The van der Waals surface area contributed by atoms with Crippen molar-refractivity contribution in [3.63, 3.8) is 0 Å². The van der Waals surface area contributed by atoms with Crippen molar-refractivity contribution >= 4 is 21.8 Å². The van der Waals surface area contributed by atoms with E-state index in [1.165, 1.54) is 0 Å². The van der Waals surface area contributed by atoms with Gasteiger partial charge in [0.05, 0.1) is 18.4 Å². The lowest BCUT2D eigenvalue weighted by Gasteiger charge is -2.15. The molecule has 0 atom stereocenters.